The number of nitro groups is 1. The van der Waals surface area contributed by atoms with Crippen LogP contribution in [0.3, 0.4) is 0 Å². The van der Waals surface area contributed by atoms with Gasteiger partial charge in [-0.1, -0.05) is 54.6 Å². The van der Waals surface area contributed by atoms with Crippen LogP contribution in [0.5, 0.6) is 0 Å². The molecule has 2 N–H and O–H groups in total. The van der Waals surface area contributed by atoms with Crippen molar-refractivity contribution < 1.29 is 14.5 Å². The number of nitrogens with zero attached hydrogens (tertiary/aromatic N) is 1. The van der Waals surface area contributed by atoms with Crippen LogP contribution in [0.15, 0.2) is 78.9 Å². The second kappa shape index (κ2) is 9.47. The number of hydrogen-bond donors (Lipinski definition) is 2. The van der Waals surface area contributed by atoms with Crippen LogP contribution in [0.2, 0.25) is 0 Å². The molecule has 0 aliphatic rings. The number of carbonyl (C=O) groups is 2. The maximum Gasteiger partial charge on any atom is 0.270 e. The number of para-hydroxylation sites is 1. The van der Waals surface area contributed by atoms with Gasteiger partial charge in [0.05, 0.1) is 4.92 Å². The number of non-ortho nitro benzene ring substituents is 1. The number of nitro benzene ring substituents is 1. The summed E-state index contributed by atoms with van der Waals surface area (Å²) >= 11 is 0. The number of amides is 2. The standard InChI is InChI=1S/C23H21N3O4/c1-16(24-23(28)19-11-7-12-20(15-19)26(29)30)22(27)25-21-13-6-5-10-18(21)14-17-8-3-2-4-9-17/h2-13,15-16H,14H2,1H3,(H,24,28)(H,25,27). The van der Waals surface area contributed by atoms with Crippen molar-refractivity contribution >= 4 is 23.2 Å². The molecule has 1 atom stereocenters. The highest BCUT2D eigenvalue weighted by molar-refractivity contribution is 6.01. The summed E-state index contributed by atoms with van der Waals surface area (Å²) in [4.78, 5) is 35.3. The summed E-state index contributed by atoms with van der Waals surface area (Å²) in [5, 5.41) is 16.3. The quantitative estimate of drug-likeness (QED) is 0.461. The smallest absolute Gasteiger partial charge is 0.270 e. The maximum absolute atomic E-state index is 12.6. The molecule has 2 amide bonds. The predicted octanol–water partition coefficient (Wildman–Crippen LogP) is 3.94. The van der Waals surface area contributed by atoms with E-state index in [2.05, 4.69) is 10.6 Å². The van der Waals surface area contributed by atoms with E-state index in [1.54, 1.807) is 6.92 Å². The average molecular weight is 403 g/mol. The SMILES string of the molecule is CC(NC(=O)c1cccc([N+](=O)[O-])c1)C(=O)Nc1ccccc1Cc1ccccc1. The molecular weight excluding hydrogens is 382 g/mol. The summed E-state index contributed by atoms with van der Waals surface area (Å²) in [5.74, 6) is -0.937. The first kappa shape index (κ1) is 20.7. The van der Waals surface area contributed by atoms with E-state index < -0.39 is 16.9 Å². The fraction of sp³-hybridized carbons (Fsp3) is 0.130. The van der Waals surface area contributed by atoms with Gasteiger partial charge >= 0.3 is 0 Å². The summed E-state index contributed by atoms with van der Waals surface area (Å²) < 4.78 is 0. The topological polar surface area (TPSA) is 101 Å². The van der Waals surface area contributed by atoms with Crippen LogP contribution in [0.1, 0.15) is 28.4 Å². The third-order valence-electron chi connectivity index (χ3n) is 4.57. The van der Waals surface area contributed by atoms with Crippen LogP contribution in [0.4, 0.5) is 11.4 Å². The number of nitrogens with one attached hydrogen (secondary N) is 2. The van der Waals surface area contributed by atoms with Gasteiger partial charge in [0.15, 0.2) is 0 Å². The largest absolute Gasteiger partial charge is 0.341 e. The minimum Gasteiger partial charge on any atom is -0.341 e. The van der Waals surface area contributed by atoms with Crippen LogP contribution < -0.4 is 10.6 Å². The van der Waals surface area contributed by atoms with Crippen LogP contribution >= 0.6 is 0 Å². The molecule has 1 unspecified atom stereocenters. The van der Waals surface area contributed by atoms with Crippen molar-refractivity contribution in [1.82, 2.24) is 5.32 Å². The van der Waals surface area contributed by atoms with E-state index in [9.17, 15) is 19.7 Å². The van der Waals surface area contributed by atoms with Gasteiger partial charge in [-0.05, 0) is 36.6 Å². The Bertz CT molecular complexity index is 1070. The Balaban J connectivity index is 1.67. The Kier molecular flexibility index (Phi) is 6.54. The van der Waals surface area contributed by atoms with Gasteiger partial charge in [0.2, 0.25) is 5.91 Å². The van der Waals surface area contributed by atoms with Crippen molar-refractivity contribution in [2.75, 3.05) is 5.32 Å². The second-order valence-corrected chi connectivity index (χ2v) is 6.81. The molecule has 0 aliphatic carbocycles. The number of carbonyl (C=O) groups excluding carboxylic acids is 2. The minimum atomic E-state index is -0.832. The molecule has 30 heavy (non-hydrogen) atoms. The van der Waals surface area contributed by atoms with E-state index in [1.165, 1.54) is 24.3 Å². The summed E-state index contributed by atoms with van der Waals surface area (Å²) in [7, 11) is 0. The molecule has 0 aliphatic heterocycles. The first-order chi connectivity index (χ1) is 14.4. The Morgan fingerprint density at radius 1 is 0.967 bits per heavy atom. The van der Waals surface area contributed by atoms with Crippen molar-refractivity contribution in [3.05, 3.63) is 106 Å². The highest BCUT2D eigenvalue weighted by Crippen LogP contribution is 2.19. The molecule has 7 heteroatoms. The van der Waals surface area contributed by atoms with Gasteiger partial charge in [-0.2, -0.15) is 0 Å². The molecule has 152 valence electrons. The average Bonchev–Trinajstić information content (AvgIpc) is 2.75. The van der Waals surface area contributed by atoms with Crippen LogP contribution in [0, 0.1) is 10.1 Å². The Hall–Kier alpha value is -4.00. The third kappa shape index (κ3) is 5.29. The molecule has 7 nitrogen and oxygen atoms in total. The van der Waals surface area contributed by atoms with E-state index in [0.29, 0.717) is 12.1 Å². The van der Waals surface area contributed by atoms with Crippen molar-refractivity contribution in [2.45, 2.75) is 19.4 Å². The van der Waals surface area contributed by atoms with E-state index in [4.69, 9.17) is 0 Å². The monoisotopic (exact) mass is 403 g/mol. The molecule has 0 saturated carbocycles. The molecule has 0 fully saturated rings. The number of hydrogen-bond acceptors (Lipinski definition) is 4. The van der Waals surface area contributed by atoms with E-state index in [-0.39, 0.29) is 17.2 Å². The third-order valence-corrected chi connectivity index (χ3v) is 4.57. The summed E-state index contributed by atoms with van der Waals surface area (Å²) in [6.07, 6.45) is 0.658. The molecule has 0 aromatic heterocycles. The zero-order chi connectivity index (χ0) is 21.5. The van der Waals surface area contributed by atoms with Gasteiger partial charge in [-0.15, -0.1) is 0 Å². The van der Waals surface area contributed by atoms with Crippen molar-refractivity contribution in [1.29, 1.82) is 0 Å². The highest BCUT2D eigenvalue weighted by atomic mass is 16.6. The van der Waals surface area contributed by atoms with Gasteiger partial charge < -0.3 is 10.6 Å². The van der Waals surface area contributed by atoms with Crippen LogP contribution in [-0.4, -0.2) is 22.8 Å². The maximum atomic E-state index is 12.6. The summed E-state index contributed by atoms with van der Waals surface area (Å²) in [6, 6.07) is 21.9. The fourth-order valence-electron chi connectivity index (χ4n) is 2.96. The summed E-state index contributed by atoms with van der Waals surface area (Å²) in [5.41, 5.74) is 2.67. The highest BCUT2D eigenvalue weighted by Gasteiger charge is 2.19. The zero-order valence-corrected chi connectivity index (χ0v) is 16.4. The molecule has 0 saturated heterocycles. The molecule has 0 radical (unpaired) electrons. The van der Waals surface area contributed by atoms with Gasteiger partial charge in [-0.25, -0.2) is 0 Å². The van der Waals surface area contributed by atoms with Gasteiger partial charge in [-0.3, -0.25) is 19.7 Å². The van der Waals surface area contributed by atoms with Gasteiger partial charge in [0.25, 0.3) is 11.6 Å². The van der Waals surface area contributed by atoms with Crippen molar-refractivity contribution in [2.24, 2.45) is 0 Å². The Morgan fingerprint density at radius 2 is 1.67 bits per heavy atom. The lowest BCUT2D eigenvalue weighted by Gasteiger charge is -2.16. The Labute approximate surface area is 173 Å². The lowest BCUT2D eigenvalue weighted by atomic mass is 10.0. The van der Waals surface area contributed by atoms with E-state index in [1.807, 2.05) is 54.6 Å². The van der Waals surface area contributed by atoms with Crippen molar-refractivity contribution in [3.63, 3.8) is 0 Å². The number of anilines is 1. The second-order valence-electron chi connectivity index (χ2n) is 6.81. The lowest BCUT2D eigenvalue weighted by molar-refractivity contribution is -0.384. The van der Waals surface area contributed by atoms with Crippen LogP contribution in [-0.2, 0) is 11.2 Å². The van der Waals surface area contributed by atoms with E-state index in [0.717, 1.165) is 11.1 Å². The number of benzene rings is 3. The molecule has 3 aromatic rings. The number of rotatable bonds is 7. The van der Waals surface area contributed by atoms with Gasteiger partial charge in [0.1, 0.15) is 6.04 Å². The molecule has 0 spiro atoms. The molecule has 3 rings (SSSR count). The fourth-order valence-corrected chi connectivity index (χ4v) is 2.96. The molecule has 0 heterocycles. The molecule has 3 aromatic carbocycles. The Morgan fingerprint density at radius 3 is 2.40 bits per heavy atom. The zero-order valence-electron chi connectivity index (χ0n) is 16.4. The minimum absolute atomic E-state index is 0.119. The van der Waals surface area contributed by atoms with Crippen LogP contribution in [0.25, 0.3) is 0 Å². The summed E-state index contributed by atoms with van der Waals surface area (Å²) in [6.45, 7) is 1.56. The molecule has 0 bridgehead atoms. The van der Waals surface area contributed by atoms with E-state index >= 15 is 0 Å². The van der Waals surface area contributed by atoms with Crippen molar-refractivity contribution in [3.8, 4) is 0 Å². The normalized spacial score (nSPS) is 11.4. The lowest BCUT2D eigenvalue weighted by Crippen LogP contribution is -2.41. The van der Waals surface area contributed by atoms with Gasteiger partial charge in [0, 0.05) is 23.4 Å². The first-order valence-electron chi connectivity index (χ1n) is 9.42. The first-order valence-corrected chi connectivity index (χ1v) is 9.42. The molecular formula is C23H21N3O4. The predicted molar refractivity (Wildman–Crippen MR) is 114 cm³/mol.